The number of hydrogen-bond acceptors (Lipinski definition) is 6. The van der Waals surface area contributed by atoms with Crippen LogP contribution in [-0.2, 0) is 10.0 Å². The van der Waals surface area contributed by atoms with Gasteiger partial charge >= 0.3 is 0 Å². The van der Waals surface area contributed by atoms with E-state index in [0.29, 0.717) is 44.0 Å². The third-order valence-corrected chi connectivity index (χ3v) is 7.62. The summed E-state index contributed by atoms with van der Waals surface area (Å²) in [6, 6.07) is 13.1. The van der Waals surface area contributed by atoms with E-state index in [1.165, 1.54) is 0 Å². The van der Waals surface area contributed by atoms with Crippen molar-refractivity contribution in [2.24, 2.45) is 0 Å². The number of nitrogens with zero attached hydrogens (tertiary/aromatic N) is 4. The van der Waals surface area contributed by atoms with Gasteiger partial charge in [0.25, 0.3) is 0 Å². The summed E-state index contributed by atoms with van der Waals surface area (Å²) in [5.74, 6) is 1.57. The molecule has 1 fully saturated rings. The fourth-order valence-corrected chi connectivity index (χ4v) is 5.51. The van der Waals surface area contributed by atoms with Gasteiger partial charge in [0, 0.05) is 31.6 Å². The molecule has 0 amide bonds. The van der Waals surface area contributed by atoms with Crippen molar-refractivity contribution < 1.29 is 13.5 Å². The first-order valence-electron chi connectivity index (χ1n) is 10.7. The number of phenolic OH excluding ortho intramolecular Hbond substituents is 1. The number of aromatic hydroxyl groups is 1. The number of benzene rings is 2. The Morgan fingerprint density at radius 3 is 2.48 bits per heavy atom. The Hall–Kier alpha value is -2.71. The van der Waals surface area contributed by atoms with Gasteiger partial charge in [-0.15, -0.1) is 0 Å². The van der Waals surface area contributed by atoms with E-state index in [1.807, 2.05) is 38.1 Å². The molecule has 1 aliphatic heterocycles. The monoisotopic (exact) mass is 440 g/mol. The molecule has 1 aliphatic rings. The van der Waals surface area contributed by atoms with Gasteiger partial charge in [0.05, 0.1) is 16.8 Å². The van der Waals surface area contributed by atoms with Gasteiger partial charge in [-0.25, -0.2) is 18.4 Å². The lowest BCUT2D eigenvalue weighted by atomic mass is 10.1. The van der Waals surface area contributed by atoms with Crippen LogP contribution in [0.3, 0.4) is 0 Å². The van der Waals surface area contributed by atoms with Crippen LogP contribution in [0, 0.1) is 6.92 Å². The molecule has 0 bridgehead atoms. The average molecular weight is 441 g/mol. The van der Waals surface area contributed by atoms with Crippen molar-refractivity contribution in [3.05, 3.63) is 48.0 Å². The van der Waals surface area contributed by atoms with Crippen molar-refractivity contribution in [1.29, 1.82) is 0 Å². The number of aromatic nitrogens is 2. The van der Waals surface area contributed by atoms with Gasteiger partial charge in [-0.1, -0.05) is 31.5 Å². The minimum absolute atomic E-state index is 0.132. The third kappa shape index (κ3) is 4.50. The van der Waals surface area contributed by atoms with E-state index in [1.54, 1.807) is 22.5 Å². The van der Waals surface area contributed by atoms with E-state index in [0.717, 1.165) is 28.7 Å². The van der Waals surface area contributed by atoms with Crippen LogP contribution >= 0.6 is 0 Å². The number of sulfonamides is 1. The van der Waals surface area contributed by atoms with Crippen LogP contribution in [-0.4, -0.2) is 59.7 Å². The summed E-state index contributed by atoms with van der Waals surface area (Å²) in [5.41, 5.74) is 2.47. The Labute approximate surface area is 183 Å². The highest BCUT2D eigenvalue weighted by atomic mass is 32.2. The Bertz CT molecular complexity index is 1190. The number of fused-ring (bicyclic) bond motifs is 1. The molecular weight excluding hydrogens is 412 g/mol. The van der Waals surface area contributed by atoms with Crippen molar-refractivity contribution in [2.75, 3.05) is 36.8 Å². The molecule has 164 valence electrons. The number of piperazine rings is 1. The Kier molecular flexibility index (Phi) is 6.11. The lowest BCUT2D eigenvalue weighted by Crippen LogP contribution is -2.49. The lowest BCUT2D eigenvalue weighted by molar-refractivity contribution is 0.383. The molecule has 3 aromatic rings. The molecule has 1 saturated heterocycles. The van der Waals surface area contributed by atoms with E-state index < -0.39 is 10.0 Å². The third-order valence-electron chi connectivity index (χ3n) is 5.66. The zero-order chi connectivity index (χ0) is 22.0. The van der Waals surface area contributed by atoms with E-state index in [-0.39, 0.29) is 11.5 Å². The van der Waals surface area contributed by atoms with Crippen molar-refractivity contribution in [1.82, 2.24) is 14.3 Å². The van der Waals surface area contributed by atoms with Gasteiger partial charge in [-0.05, 0) is 43.2 Å². The standard InChI is InChI=1S/C23H28N4O3S/c1-3-4-15-31(29,30)27-13-11-26(12-14-27)23-18-10-9-17(2)16-20(18)24-22(25-23)19-7-5-6-8-21(19)28/h5-10,16,28H,3-4,11-15H2,1-2H3. The highest BCUT2D eigenvalue weighted by molar-refractivity contribution is 7.89. The number of phenols is 1. The predicted octanol–water partition coefficient (Wildman–Crippen LogP) is 3.56. The Morgan fingerprint density at radius 2 is 1.77 bits per heavy atom. The van der Waals surface area contributed by atoms with Gasteiger partial charge < -0.3 is 10.0 Å². The van der Waals surface area contributed by atoms with Gasteiger partial charge in [0.15, 0.2) is 5.82 Å². The first-order chi connectivity index (χ1) is 14.9. The van der Waals surface area contributed by atoms with Gasteiger partial charge in [0.2, 0.25) is 10.0 Å². The van der Waals surface area contributed by atoms with Crippen LogP contribution < -0.4 is 4.90 Å². The molecule has 1 aromatic heterocycles. The summed E-state index contributed by atoms with van der Waals surface area (Å²) in [6.07, 6.45) is 1.54. The van der Waals surface area contributed by atoms with Crippen LogP contribution in [0.25, 0.3) is 22.3 Å². The van der Waals surface area contributed by atoms with Gasteiger partial charge in [-0.3, -0.25) is 0 Å². The Balaban J connectivity index is 1.68. The van der Waals surface area contributed by atoms with Crippen molar-refractivity contribution in [3.63, 3.8) is 0 Å². The molecule has 0 saturated carbocycles. The minimum Gasteiger partial charge on any atom is -0.507 e. The number of para-hydroxylation sites is 1. The highest BCUT2D eigenvalue weighted by Gasteiger charge is 2.28. The SMILES string of the molecule is CCCCS(=O)(=O)N1CCN(c2nc(-c3ccccc3O)nc3cc(C)ccc23)CC1. The molecule has 0 unspecified atom stereocenters. The van der Waals surface area contributed by atoms with Crippen molar-refractivity contribution >= 4 is 26.7 Å². The van der Waals surface area contributed by atoms with Crippen LogP contribution in [0.5, 0.6) is 5.75 Å². The molecule has 0 atom stereocenters. The molecule has 2 heterocycles. The topological polar surface area (TPSA) is 86.6 Å². The molecule has 4 rings (SSSR count). The fraction of sp³-hybridized carbons (Fsp3) is 0.391. The van der Waals surface area contributed by atoms with Crippen LogP contribution in [0.15, 0.2) is 42.5 Å². The summed E-state index contributed by atoms with van der Waals surface area (Å²) >= 11 is 0. The zero-order valence-electron chi connectivity index (χ0n) is 18.0. The summed E-state index contributed by atoms with van der Waals surface area (Å²) in [4.78, 5) is 11.6. The van der Waals surface area contributed by atoms with E-state index in [9.17, 15) is 13.5 Å². The summed E-state index contributed by atoms with van der Waals surface area (Å²) in [6.45, 7) is 6.01. The zero-order valence-corrected chi connectivity index (χ0v) is 18.8. The van der Waals surface area contributed by atoms with E-state index >= 15 is 0 Å². The molecule has 0 spiro atoms. The summed E-state index contributed by atoms with van der Waals surface area (Å²) in [5, 5.41) is 11.2. The molecule has 1 N–H and O–H groups in total. The molecule has 0 radical (unpaired) electrons. The first kappa shape index (κ1) is 21.5. The lowest BCUT2D eigenvalue weighted by Gasteiger charge is -2.35. The van der Waals surface area contributed by atoms with Gasteiger partial charge in [0.1, 0.15) is 11.6 Å². The fourth-order valence-electron chi connectivity index (χ4n) is 3.88. The molecule has 7 nitrogen and oxygen atoms in total. The second-order valence-electron chi connectivity index (χ2n) is 7.96. The van der Waals surface area contributed by atoms with E-state index in [2.05, 4.69) is 4.90 Å². The average Bonchev–Trinajstić information content (AvgIpc) is 2.77. The largest absolute Gasteiger partial charge is 0.507 e. The second-order valence-corrected chi connectivity index (χ2v) is 10.1. The smallest absolute Gasteiger partial charge is 0.214 e. The normalized spacial score (nSPS) is 15.5. The number of aryl methyl sites for hydroxylation is 1. The van der Waals surface area contributed by atoms with Crippen molar-refractivity contribution in [3.8, 4) is 17.1 Å². The molecular formula is C23H28N4O3S. The predicted molar refractivity (Wildman–Crippen MR) is 124 cm³/mol. The number of rotatable bonds is 6. The molecule has 2 aromatic carbocycles. The highest BCUT2D eigenvalue weighted by Crippen LogP contribution is 2.32. The second kappa shape index (κ2) is 8.80. The van der Waals surface area contributed by atoms with Gasteiger partial charge in [-0.2, -0.15) is 4.31 Å². The van der Waals surface area contributed by atoms with Crippen LogP contribution in [0.2, 0.25) is 0 Å². The van der Waals surface area contributed by atoms with Crippen LogP contribution in [0.4, 0.5) is 5.82 Å². The maximum atomic E-state index is 12.6. The minimum atomic E-state index is -3.22. The maximum Gasteiger partial charge on any atom is 0.214 e. The molecule has 31 heavy (non-hydrogen) atoms. The first-order valence-corrected chi connectivity index (χ1v) is 12.3. The number of anilines is 1. The quantitative estimate of drug-likeness (QED) is 0.631. The van der Waals surface area contributed by atoms with Crippen LogP contribution in [0.1, 0.15) is 25.3 Å². The molecule has 0 aliphatic carbocycles. The summed E-state index contributed by atoms with van der Waals surface area (Å²) in [7, 11) is -3.22. The Morgan fingerprint density at radius 1 is 1.03 bits per heavy atom. The number of hydrogen-bond donors (Lipinski definition) is 1. The molecule has 8 heteroatoms. The van der Waals surface area contributed by atoms with E-state index in [4.69, 9.17) is 9.97 Å². The number of unbranched alkanes of at least 4 members (excludes halogenated alkanes) is 1. The maximum absolute atomic E-state index is 12.6. The summed E-state index contributed by atoms with van der Waals surface area (Å²) < 4.78 is 26.7. The van der Waals surface area contributed by atoms with Crippen molar-refractivity contribution in [2.45, 2.75) is 26.7 Å².